The Morgan fingerprint density at radius 2 is 1.89 bits per heavy atom. The lowest BCUT2D eigenvalue weighted by atomic mass is 10.00. The van der Waals surface area contributed by atoms with Crippen LogP contribution < -0.4 is 5.32 Å². The Bertz CT molecular complexity index is 485. The fraction of sp³-hybridized carbons (Fsp3) is 0.400. The van der Waals surface area contributed by atoms with Gasteiger partial charge in [-0.2, -0.15) is 0 Å². The molecule has 1 heterocycles. The third kappa shape index (κ3) is 3.13. The molecular formula is C15H20N2O. The summed E-state index contributed by atoms with van der Waals surface area (Å²) in [5.41, 5.74) is 2.72. The number of aromatic nitrogens is 1. The van der Waals surface area contributed by atoms with Gasteiger partial charge in [-0.05, 0) is 23.5 Å². The Morgan fingerprint density at radius 1 is 1.17 bits per heavy atom. The fourth-order valence-electron chi connectivity index (χ4n) is 1.88. The van der Waals surface area contributed by atoms with Gasteiger partial charge in [0.05, 0.1) is 6.20 Å². The van der Waals surface area contributed by atoms with E-state index in [1.807, 2.05) is 0 Å². The normalized spacial score (nSPS) is 10.9. The van der Waals surface area contributed by atoms with E-state index in [0.29, 0.717) is 11.9 Å². The predicted molar refractivity (Wildman–Crippen MR) is 74.0 cm³/mol. The van der Waals surface area contributed by atoms with Crippen LogP contribution in [0, 0.1) is 0 Å². The number of nitrogens with zero attached hydrogens (tertiary/aromatic N) is 1. The SMILES string of the molecule is CNc1ncc(CCc2ccc(C(C)C)cc2)o1. The largest absolute Gasteiger partial charge is 0.429 e. The van der Waals surface area contributed by atoms with E-state index in [0.717, 1.165) is 18.6 Å². The number of hydrogen-bond donors (Lipinski definition) is 1. The van der Waals surface area contributed by atoms with Gasteiger partial charge in [0.15, 0.2) is 0 Å². The van der Waals surface area contributed by atoms with Crippen LogP contribution >= 0.6 is 0 Å². The molecule has 18 heavy (non-hydrogen) atoms. The van der Waals surface area contributed by atoms with Gasteiger partial charge >= 0.3 is 0 Å². The summed E-state index contributed by atoms with van der Waals surface area (Å²) in [6.45, 7) is 4.42. The maximum atomic E-state index is 5.49. The van der Waals surface area contributed by atoms with Crippen molar-refractivity contribution in [1.82, 2.24) is 4.98 Å². The molecular weight excluding hydrogens is 224 g/mol. The van der Waals surface area contributed by atoms with Gasteiger partial charge in [0.1, 0.15) is 5.76 Å². The van der Waals surface area contributed by atoms with E-state index >= 15 is 0 Å². The van der Waals surface area contributed by atoms with Gasteiger partial charge < -0.3 is 9.73 Å². The number of benzene rings is 1. The van der Waals surface area contributed by atoms with Crippen LogP contribution in [0.15, 0.2) is 34.9 Å². The Hall–Kier alpha value is -1.77. The molecule has 0 amide bonds. The number of nitrogens with one attached hydrogen (secondary N) is 1. The van der Waals surface area contributed by atoms with Crippen molar-refractivity contribution in [3.05, 3.63) is 47.3 Å². The molecule has 0 radical (unpaired) electrons. The zero-order valence-corrected chi connectivity index (χ0v) is 11.2. The summed E-state index contributed by atoms with van der Waals surface area (Å²) >= 11 is 0. The van der Waals surface area contributed by atoms with E-state index in [4.69, 9.17) is 4.42 Å². The van der Waals surface area contributed by atoms with Crippen molar-refractivity contribution in [2.75, 3.05) is 12.4 Å². The maximum Gasteiger partial charge on any atom is 0.294 e. The molecule has 0 aliphatic heterocycles. The molecule has 0 bridgehead atoms. The van der Waals surface area contributed by atoms with Gasteiger partial charge in [0, 0.05) is 13.5 Å². The molecule has 2 rings (SSSR count). The molecule has 0 aliphatic carbocycles. The van der Waals surface area contributed by atoms with E-state index in [9.17, 15) is 0 Å². The summed E-state index contributed by atoms with van der Waals surface area (Å²) in [5.74, 6) is 1.51. The van der Waals surface area contributed by atoms with Gasteiger partial charge in [0.25, 0.3) is 6.01 Å². The first kappa shape index (κ1) is 12.7. The number of aryl methyl sites for hydroxylation is 2. The second kappa shape index (κ2) is 5.71. The van der Waals surface area contributed by atoms with Crippen LogP contribution in [0.4, 0.5) is 6.01 Å². The zero-order chi connectivity index (χ0) is 13.0. The first-order valence-corrected chi connectivity index (χ1v) is 6.40. The van der Waals surface area contributed by atoms with Crippen LogP contribution in [-0.2, 0) is 12.8 Å². The smallest absolute Gasteiger partial charge is 0.294 e. The zero-order valence-electron chi connectivity index (χ0n) is 11.2. The summed E-state index contributed by atoms with van der Waals surface area (Å²) < 4.78 is 5.49. The number of rotatable bonds is 5. The second-order valence-electron chi connectivity index (χ2n) is 4.78. The van der Waals surface area contributed by atoms with Gasteiger partial charge in [-0.3, -0.25) is 0 Å². The quantitative estimate of drug-likeness (QED) is 0.872. The summed E-state index contributed by atoms with van der Waals surface area (Å²) in [5, 5.41) is 2.89. The third-order valence-corrected chi connectivity index (χ3v) is 3.07. The summed E-state index contributed by atoms with van der Waals surface area (Å²) in [7, 11) is 1.81. The molecule has 0 saturated heterocycles. The highest BCUT2D eigenvalue weighted by Gasteiger charge is 2.03. The van der Waals surface area contributed by atoms with Crippen molar-refractivity contribution in [2.45, 2.75) is 32.6 Å². The van der Waals surface area contributed by atoms with Crippen molar-refractivity contribution < 1.29 is 4.42 Å². The Labute approximate surface area is 108 Å². The highest BCUT2D eigenvalue weighted by molar-refractivity contribution is 5.25. The molecule has 0 fully saturated rings. The Kier molecular flexibility index (Phi) is 4.03. The lowest BCUT2D eigenvalue weighted by Crippen LogP contribution is -1.92. The first-order valence-electron chi connectivity index (χ1n) is 6.40. The number of anilines is 1. The molecule has 0 saturated carbocycles. The summed E-state index contributed by atoms with van der Waals surface area (Å²) in [4.78, 5) is 4.11. The molecule has 0 atom stereocenters. The molecule has 3 nitrogen and oxygen atoms in total. The first-order chi connectivity index (χ1) is 8.69. The lowest BCUT2D eigenvalue weighted by molar-refractivity contribution is 0.518. The van der Waals surface area contributed by atoms with E-state index in [-0.39, 0.29) is 0 Å². The summed E-state index contributed by atoms with van der Waals surface area (Å²) in [6, 6.07) is 9.40. The lowest BCUT2D eigenvalue weighted by Gasteiger charge is -2.06. The molecule has 0 spiro atoms. The van der Waals surface area contributed by atoms with Crippen molar-refractivity contribution in [3.63, 3.8) is 0 Å². The van der Waals surface area contributed by atoms with Crippen molar-refractivity contribution in [3.8, 4) is 0 Å². The average molecular weight is 244 g/mol. The second-order valence-corrected chi connectivity index (χ2v) is 4.78. The van der Waals surface area contributed by atoms with E-state index in [2.05, 4.69) is 48.4 Å². The molecule has 3 heteroatoms. The minimum absolute atomic E-state index is 0.583. The number of hydrogen-bond acceptors (Lipinski definition) is 3. The van der Waals surface area contributed by atoms with Crippen LogP contribution in [0.1, 0.15) is 36.7 Å². The minimum Gasteiger partial charge on any atom is -0.429 e. The van der Waals surface area contributed by atoms with Crippen molar-refractivity contribution >= 4 is 6.01 Å². The highest BCUT2D eigenvalue weighted by atomic mass is 16.4. The molecule has 1 aromatic heterocycles. The Balaban J connectivity index is 1.93. The van der Waals surface area contributed by atoms with Crippen LogP contribution in [0.2, 0.25) is 0 Å². The topological polar surface area (TPSA) is 38.1 Å². The van der Waals surface area contributed by atoms with E-state index < -0.39 is 0 Å². The average Bonchev–Trinajstić information content (AvgIpc) is 2.85. The van der Waals surface area contributed by atoms with E-state index in [1.165, 1.54) is 11.1 Å². The fourth-order valence-corrected chi connectivity index (χ4v) is 1.88. The van der Waals surface area contributed by atoms with Gasteiger partial charge in [-0.1, -0.05) is 38.1 Å². The molecule has 0 aliphatic rings. The Morgan fingerprint density at radius 3 is 2.44 bits per heavy atom. The number of oxazole rings is 1. The van der Waals surface area contributed by atoms with Crippen LogP contribution in [-0.4, -0.2) is 12.0 Å². The van der Waals surface area contributed by atoms with Gasteiger partial charge in [-0.15, -0.1) is 0 Å². The van der Waals surface area contributed by atoms with Crippen molar-refractivity contribution in [2.24, 2.45) is 0 Å². The van der Waals surface area contributed by atoms with Crippen LogP contribution in [0.3, 0.4) is 0 Å². The van der Waals surface area contributed by atoms with Crippen LogP contribution in [0.25, 0.3) is 0 Å². The predicted octanol–water partition coefficient (Wildman–Crippen LogP) is 3.62. The van der Waals surface area contributed by atoms with Gasteiger partial charge in [-0.25, -0.2) is 4.98 Å². The standard InChI is InChI=1S/C15H20N2O/c1-11(2)13-7-4-12(5-8-13)6-9-14-10-17-15(16-3)18-14/h4-5,7-8,10-11H,6,9H2,1-3H3,(H,16,17). The highest BCUT2D eigenvalue weighted by Crippen LogP contribution is 2.16. The monoisotopic (exact) mass is 244 g/mol. The van der Waals surface area contributed by atoms with E-state index in [1.54, 1.807) is 13.2 Å². The molecule has 0 unspecified atom stereocenters. The molecule has 1 aromatic carbocycles. The van der Waals surface area contributed by atoms with Crippen molar-refractivity contribution in [1.29, 1.82) is 0 Å². The summed E-state index contributed by atoms with van der Waals surface area (Å²) in [6.07, 6.45) is 3.65. The van der Waals surface area contributed by atoms with Gasteiger partial charge in [0.2, 0.25) is 0 Å². The van der Waals surface area contributed by atoms with Crippen LogP contribution in [0.5, 0.6) is 0 Å². The minimum atomic E-state index is 0.583. The molecule has 2 aromatic rings. The third-order valence-electron chi connectivity index (χ3n) is 3.07. The maximum absolute atomic E-state index is 5.49. The molecule has 1 N–H and O–H groups in total. The molecule has 96 valence electrons.